The molecule has 5 nitrogen and oxygen atoms in total. The van der Waals surface area contributed by atoms with Crippen molar-refractivity contribution in [1.29, 1.82) is 0 Å². The monoisotopic (exact) mass is 356 g/mol. The molecule has 1 fully saturated rings. The van der Waals surface area contributed by atoms with Crippen molar-refractivity contribution < 1.29 is 13.6 Å². The fourth-order valence-corrected chi connectivity index (χ4v) is 3.34. The van der Waals surface area contributed by atoms with Crippen molar-refractivity contribution in [3.8, 4) is 5.82 Å². The molecule has 1 aliphatic rings. The molecule has 1 atom stereocenters. The van der Waals surface area contributed by atoms with Crippen LogP contribution in [0.25, 0.3) is 5.82 Å². The number of likely N-dealkylation sites (tertiary alicyclic amines) is 1. The Morgan fingerprint density at radius 3 is 2.77 bits per heavy atom. The minimum Gasteiger partial charge on any atom is -0.348 e. The lowest BCUT2D eigenvalue weighted by atomic mass is 9.91. The van der Waals surface area contributed by atoms with Crippen molar-refractivity contribution in [1.82, 2.24) is 19.4 Å². The van der Waals surface area contributed by atoms with Crippen molar-refractivity contribution >= 4 is 5.91 Å². The van der Waals surface area contributed by atoms with Gasteiger partial charge in [-0.25, -0.2) is 13.8 Å². The molecule has 1 N–H and O–H groups in total. The fourth-order valence-electron chi connectivity index (χ4n) is 3.34. The molecule has 1 saturated heterocycles. The Morgan fingerprint density at radius 2 is 2.04 bits per heavy atom. The minimum absolute atomic E-state index is 0.0645. The SMILES string of the molecule is O=C(c1ccc(F)cc1)N1CCCC(F)(c2cn(-c3ccc[nH]3)cn2)C1. The summed E-state index contributed by atoms with van der Waals surface area (Å²) in [6, 6.07) is 9.03. The zero-order valence-electron chi connectivity index (χ0n) is 14.0. The number of alkyl halides is 1. The molecule has 3 heterocycles. The molecule has 1 unspecified atom stereocenters. The van der Waals surface area contributed by atoms with E-state index in [9.17, 15) is 9.18 Å². The summed E-state index contributed by atoms with van der Waals surface area (Å²) in [6.07, 6.45) is 5.84. The maximum atomic E-state index is 15.6. The van der Waals surface area contributed by atoms with E-state index in [4.69, 9.17) is 0 Å². The summed E-state index contributed by atoms with van der Waals surface area (Å²) in [4.78, 5) is 21.4. The lowest BCUT2D eigenvalue weighted by Crippen LogP contribution is -2.46. The van der Waals surface area contributed by atoms with Gasteiger partial charge < -0.3 is 9.88 Å². The number of carbonyl (C=O) groups excluding carboxylic acids is 1. The standard InChI is InChI=1S/C19H18F2N4O/c20-15-6-4-14(5-7-15)18(26)24-10-2-8-19(21,12-24)16-11-25(13-23-16)17-3-1-9-22-17/h1,3-7,9,11,13,22H,2,8,10,12H2. The number of hydrogen-bond acceptors (Lipinski definition) is 2. The zero-order chi connectivity index (χ0) is 18.1. The van der Waals surface area contributed by atoms with Crippen LogP contribution in [0.1, 0.15) is 28.9 Å². The van der Waals surface area contributed by atoms with Gasteiger partial charge in [0.1, 0.15) is 18.0 Å². The first-order chi connectivity index (χ1) is 12.5. The number of rotatable bonds is 3. The van der Waals surface area contributed by atoms with Crippen LogP contribution in [0.5, 0.6) is 0 Å². The largest absolute Gasteiger partial charge is 0.348 e. The molecule has 3 aromatic rings. The van der Waals surface area contributed by atoms with Gasteiger partial charge in [-0.05, 0) is 49.2 Å². The number of aromatic amines is 1. The van der Waals surface area contributed by atoms with Crippen molar-refractivity contribution in [2.24, 2.45) is 0 Å². The van der Waals surface area contributed by atoms with Crippen LogP contribution >= 0.6 is 0 Å². The number of benzene rings is 1. The normalized spacial score (nSPS) is 20.3. The molecule has 1 amide bonds. The number of imidazole rings is 1. The maximum Gasteiger partial charge on any atom is 0.253 e. The van der Waals surface area contributed by atoms with Gasteiger partial charge in [0.15, 0.2) is 5.67 Å². The van der Waals surface area contributed by atoms with E-state index in [2.05, 4.69) is 9.97 Å². The van der Waals surface area contributed by atoms with Gasteiger partial charge in [-0.1, -0.05) is 0 Å². The van der Waals surface area contributed by atoms with Gasteiger partial charge in [-0.15, -0.1) is 0 Å². The molecule has 1 aliphatic heterocycles. The predicted molar refractivity (Wildman–Crippen MR) is 92.2 cm³/mol. The summed E-state index contributed by atoms with van der Waals surface area (Å²) in [5.74, 6) is 0.0906. The number of nitrogens with zero attached hydrogens (tertiary/aromatic N) is 3. The van der Waals surface area contributed by atoms with E-state index < -0.39 is 11.5 Å². The van der Waals surface area contributed by atoms with Crippen molar-refractivity contribution in [2.45, 2.75) is 18.5 Å². The van der Waals surface area contributed by atoms with Crippen LogP contribution < -0.4 is 0 Å². The van der Waals surface area contributed by atoms with E-state index in [1.54, 1.807) is 23.3 Å². The Morgan fingerprint density at radius 1 is 1.23 bits per heavy atom. The smallest absolute Gasteiger partial charge is 0.253 e. The van der Waals surface area contributed by atoms with Crippen LogP contribution in [0, 0.1) is 5.82 Å². The molecule has 0 aliphatic carbocycles. The summed E-state index contributed by atoms with van der Waals surface area (Å²) < 4.78 is 30.4. The molecule has 4 rings (SSSR count). The molecule has 7 heteroatoms. The fraction of sp³-hybridized carbons (Fsp3) is 0.263. The molecule has 1 aromatic carbocycles. The summed E-state index contributed by atoms with van der Waals surface area (Å²) in [5, 5.41) is 0. The third-order valence-corrected chi connectivity index (χ3v) is 4.72. The molecule has 0 bridgehead atoms. The second kappa shape index (κ2) is 6.40. The topological polar surface area (TPSA) is 53.9 Å². The number of H-pyrrole nitrogens is 1. The highest BCUT2D eigenvalue weighted by atomic mass is 19.1. The second-order valence-corrected chi connectivity index (χ2v) is 6.52. The van der Waals surface area contributed by atoms with Crippen molar-refractivity contribution in [3.63, 3.8) is 0 Å². The van der Waals surface area contributed by atoms with Crippen LogP contribution in [0.15, 0.2) is 55.1 Å². The summed E-state index contributed by atoms with van der Waals surface area (Å²) in [7, 11) is 0. The van der Waals surface area contributed by atoms with E-state index >= 15 is 4.39 Å². The zero-order valence-corrected chi connectivity index (χ0v) is 14.0. The Hall–Kier alpha value is -2.96. The van der Waals surface area contributed by atoms with E-state index in [0.29, 0.717) is 30.6 Å². The number of hydrogen-bond donors (Lipinski definition) is 1. The first-order valence-corrected chi connectivity index (χ1v) is 8.47. The first kappa shape index (κ1) is 16.5. The number of piperidine rings is 1. The predicted octanol–water partition coefficient (Wildman–Crippen LogP) is 3.44. The molecule has 26 heavy (non-hydrogen) atoms. The molecule has 2 aromatic heterocycles. The average molecular weight is 356 g/mol. The number of nitrogens with one attached hydrogen (secondary N) is 1. The van der Waals surface area contributed by atoms with Crippen LogP contribution in [-0.4, -0.2) is 38.4 Å². The van der Waals surface area contributed by atoms with Crippen molar-refractivity contribution in [2.75, 3.05) is 13.1 Å². The average Bonchev–Trinajstić information content (AvgIpc) is 3.33. The first-order valence-electron chi connectivity index (χ1n) is 8.47. The summed E-state index contributed by atoms with van der Waals surface area (Å²) in [5.41, 5.74) is -1.04. The van der Waals surface area contributed by atoms with Crippen LogP contribution in [0.3, 0.4) is 0 Å². The van der Waals surface area contributed by atoms with Crippen LogP contribution in [-0.2, 0) is 5.67 Å². The van der Waals surface area contributed by atoms with Gasteiger partial charge in [-0.2, -0.15) is 0 Å². The number of amides is 1. The summed E-state index contributed by atoms with van der Waals surface area (Å²) in [6.45, 7) is 0.407. The molecular weight excluding hydrogens is 338 g/mol. The van der Waals surface area contributed by atoms with Crippen molar-refractivity contribution in [3.05, 3.63) is 72.2 Å². The van der Waals surface area contributed by atoms with E-state index in [1.807, 2.05) is 12.1 Å². The third kappa shape index (κ3) is 3.00. The van der Waals surface area contributed by atoms with Crippen LogP contribution in [0.4, 0.5) is 8.78 Å². The second-order valence-electron chi connectivity index (χ2n) is 6.52. The Labute approximate surface area is 149 Å². The number of aromatic nitrogens is 3. The molecule has 0 spiro atoms. The Bertz CT molecular complexity index is 904. The Balaban J connectivity index is 1.55. The molecule has 134 valence electrons. The molecule has 0 saturated carbocycles. The quantitative estimate of drug-likeness (QED) is 0.782. The lowest BCUT2D eigenvalue weighted by molar-refractivity contribution is 0.0306. The van der Waals surface area contributed by atoms with Gasteiger partial charge >= 0.3 is 0 Å². The summed E-state index contributed by atoms with van der Waals surface area (Å²) >= 11 is 0. The van der Waals surface area contributed by atoms with Gasteiger partial charge in [0.05, 0.1) is 12.2 Å². The highest BCUT2D eigenvalue weighted by molar-refractivity contribution is 5.94. The highest BCUT2D eigenvalue weighted by Gasteiger charge is 2.41. The van der Waals surface area contributed by atoms with E-state index in [-0.39, 0.29) is 12.5 Å². The van der Waals surface area contributed by atoms with Gasteiger partial charge in [0, 0.05) is 24.5 Å². The van der Waals surface area contributed by atoms with E-state index in [0.717, 1.165) is 5.82 Å². The third-order valence-electron chi connectivity index (χ3n) is 4.72. The minimum atomic E-state index is -1.70. The molecular formula is C19H18F2N4O. The van der Waals surface area contributed by atoms with Gasteiger partial charge in [0.25, 0.3) is 5.91 Å². The van der Waals surface area contributed by atoms with Gasteiger partial charge in [-0.3, -0.25) is 9.36 Å². The number of halogens is 2. The molecule has 0 radical (unpaired) electrons. The number of carbonyl (C=O) groups is 1. The highest BCUT2D eigenvalue weighted by Crippen LogP contribution is 2.35. The van der Waals surface area contributed by atoms with Gasteiger partial charge in [0.2, 0.25) is 0 Å². The van der Waals surface area contributed by atoms with Crippen LogP contribution in [0.2, 0.25) is 0 Å². The lowest BCUT2D eigenvalue weighted by Gasteiger charge is -2.36. The Kier molecular flexibility index (Phi) is 4.06. The maximum absolute atomic E-state index is 15.6. The van der Waals surface area contributed by atoms with E-state index in [1.165, 1.54) is 29.2 Å².